The Hall–Kier alpha value is -2.83. The molecule has 0 spiro atoms. The molecule has 4 heterocycles. The van der Waals surface area contributed by atoms with Crippen molar-refractivity contribution in [1.29, 1.82) is 0 Å². The van der Waals surface area contributed by atoms with Gasteiger partial charge >= 0.3 is 0 Å². The molecular weight excluding hydrogens is 378 g/mol. The quantitative estimate of drug-likeness (QED) is 0.699. The Morgan fingerprint density at radius 3 is 2.77 bits per heavy atom. The molecule has 1 fully saturated rings. The predicted molar refractivity (Wildman–Crippen MR) is 119 cm³/mol. The van der Waals surface area contributed by atoms with Crippen LogP contribution in [0, 0.1) is 13.8 Å². The zero-order valence-electron chi connectivity index (χ0n) is 17.8. The van der Waals surface area contributed by atoms with Crippen LogP contribution < -0.4 is 9.64 Å². The number of rotatable bonds is 2. The van der Waals surface area contributed by atoms with Gasteiger partial charge in [0.15, 0.2) is 5.58 Å². The number of aliphatic hydroxyl groups is 1. The number of fused-ring (bicyclic) bond motifs is 2. The van der Waals surface area contributed by atoms with Crippen molar-refractivity contribution >= 4 is 28.3 Å². The third-order valence-electron chi connectivity index (χ3n) is 6.22. The van der Waals surface area contributed by atoms with E-state index in [-0.39, 0.29) is 0 Å². The number of nitrogens with zero attached hydrogens (tertiary/aromatic N) is 3. The van der Waals surface area contributed by atoms with Crippen LogP contribution in [0.25, 0.3) is 22.6 Å². The first-order valence-electron chi connectivity index (χ1n) is 10.4. The molecule has 2 aromatic heterocycles. The minimum atomic E-state index is -1.07. The Kier molecular flexibility index (Phi) is 4.56. The molecule has 3 aromatic rings. The summed E-state index contributed by atoms with van der Waals surface area (Å²) < 4.78 is 11.9. The Balaban J connectivity index is 1.48. The Bertz CT molecular complexity index is 1150. The van der Waals surface area contributed by atoms with Crippen LogP contribution in [0.15, 0.2) is 34.7 Å². The molecule has 6 heteroatoms. The van der Waals surface area contributed by atoms with Gasteiger partial charge in [-0.3, -0.25) is 4.98 Å². The number of anilines is 1. The molecule has 0 saturated carbocycles. The molecule has 156 valence electrons. The van der Waals surface area contributed by atoms with E-state index in [2.05, 4.69) is 40.9 Å². The van der Waals surface area contributed by atoms with E-state index < -0.39 is 6.29 Å². The maximum absolute atomic E-state index is 10.7. The van der Waals surface area contributed by atoms with E-state index in [4.69, 9.17) is 9.15 Å². The molecule has 1 aromatic carbocycles. The molecular formula is C24H27N3O3. The smallest absolute Gasteiger partial charge is 0.227 e. The SMILES string of the molecule is Cc1cc2cc(C3=Cc4ccc(N5CCN(C)C(C)C5)cc4OC3O)oc2c(C)n1. The number of aliphatic hydroxyl groups excluding tert-OH is 1. The normalized spacial score (nSPS) is 22.0. The lowest BCUT2D eigenvalue weighted by Crippen LogP contribution is -2.50. The van der Waals surface area contributed by atoms with Gasteiger partial charge in [-0.05, 0) is 58.2 Å². The summed E-state index contributed by atoms with van der Waals surface area (Å²) in [6.45, 7) is 9.13. The van der Waals surface area contributed by atoms with E-state index >= 15 is 0 Å². The van der Waals surface area contributed by atoms with Crippen molar-refractivity contribution in [3.8, 4) is 5.75 Å². The van der Waals surface area contributed by atoms with Gasteiger partial charge in [0.05, 0.1) is 11.3 Å². The summed E-state index contributed by atoms with van der Waals surface area (Å²) in [7, 11) is 2.16. The minimum Gasteiger partial charge on any atom is -0.460 e. The second-order valence-electron chi connectivity index (χ2n) is 8.45. The zero-order chi connectivity index (χ0) is 21.0. The Morgan fingerprint density at radius 2 is 1.97 bits per heavy atom. The van der Waals surface area contributed by atoms with Crippen LogP contribution in [-0.4, -0.2) is 54.0 Å². The van der Waals surface area contributed by atoms with Crippen LogP contribution in [-0.2, 0) is 0 Å². The molecule has 2 unspecified atom stereocenters. The van der Waals surface area contributed by atoms with Crippen molar-refractivity contribution in [1.82, 2.24) is 9.88 Å². The average Bonchev–Trinajstić information content (AvgIpc) is 3.13. The summed E-state index contributed by atoms with van der Waals surface area (Å²) in [5.74, 6) is 1.30. The molecule has 30 heavy (non-hydrogen) atoms. The fourth-order valence-electron chi connectivity index (χ4n) is 4.35. The van der Waals surface area contributed by atoms with Gasteiger partial charge in [0, 0.05) is 54.1 Å². The third kappa shape index (κ3) is 3.26. The molecule has 1 saturated heterocycles. The summed E-state index contributed by atoms with van der Waals surface area (Å²) >= 11 is 0. The number of pyridine rings is 1. The fraction of sp³-hybridized carbons (Fsp3) is 0.375. The number of hydrogen-bond acceptors (Lipinski definition) is 6. The number of aryl methyl sites for hydroxylation is 2. The van der Waals surface area contributed by atoms with E-state index in [1.807, 2.05) is 38.1 Å². The molecule has 0 radical (unpaired) electrons. The van der Waals surface area contributed by atoms with Crippen molar-refractivity contribution in [3.63, 3.8) is 0 Å². The lowest BCUT2D eigenvalue weighted by molar-refractivity contribution is 0.0309. The van der Waals surface area contributed by atoms with Crippen molar-refractivity contribution < 1.29 is 14.3 Å². The molecule has 0 amide bonds. The Morgan fingerprint density at radius 1 is 1.13 bits per heavy atom. The highest BCUT2D eigenvalue weighted by atomic mass is 16.6. The zero-order valence-corrected chi connectivity index (χ0v) is 17.8. The van der Waals surface area contributed by atoms with Crippen molar-refractivity contribution in [2.45, 2.75) is 33.1 Å². The minimum absolute atomic E-state index is 0.502. The van der Waals surface area contributed by atoms with Gasteiger partial charge in [-0.15, -0.1) is 0 Å². The van der Waals surface area contributed by atoms with Crippen LogP contribution in [0.2, 0.25) is 0 Å². The number of ether oxygens (including phenoxy) is 1. The van der Waals surface area contributed by atoms with Gasteiger partial charge < -0.3 is 24.1 Å². The van der Waals surface area contributed by atoms with Crippen LogP contribution >= 0.6 is 0 Å². The highest BCUT2D eigenvalue weighted by Gasteiger charge is 2.27. The summed E-state index contributed by atoms with van der Waals surface area (Å²) in [6.07, 6.45) is 0.877. The fourth-order valence-corrected chi connectivity index (χ4v) is 4.35. The molecule has 5 rings (SSSR count). The van der Waals surface area contributed by atoms with E-state index in [0.717, 1.165) is 53.2 Å². The molecule has 2 aliphatic rings. The van der Waals surface area contributed by atoms with Crippen molar-refractivity contribution in [2.75, 3.05) is 31.6 Å². The highest BCUT2D eigenvalue weighted by Crippen LogP contribution is 2.38. The number of hydrogen-bond donors (Lipinski definition) is 1. The van der Waals surface area contributed by atoms with Crippen LogP contribution in [0.1, 0.15) is 29.6 Å². The molecule has 1 N–H and O–H groups in total. The van der Waals surface area contributed by atoms with Crippen LogP contribution in [0.5, 0.6) is 5.75 Å². The van der Waals surface area contributed by atoms with E-state index in [1.54, 1.807) is 0 Å². The number of benzene rings is 1. The lowest BCUT2D eigenvalue weighted by Gasteiger charge is -2.39. The summed E-state index contributed by atoms with van der Waals surface area (Å²) in [6, 6.07) is 10.6. The predicted octanol–water partition coefficient (Wildman–Crippen LogP) is 3.84. The van der Waals surface area contributed by atoms with Crippen molar-refractivity contribution in [2.24, 2.45) is 0 Å². The molecule has 2 aliphatic heterocycles. The first kappa shape index (κ1) is 19.2. The van der Waals surface area contributed by atoms with Gasteiger partial charge in [0.1, 0.15) is 11.5 Å². The van der Waals surface area contributed by atoms with Gasteiger partial charge in [-0.25, -0.2) is 0 Å². The van der Waals surface area contributed by atoms with Crippen LogP contribution in [0.4, 0.5) is 5.69 Å². The first-order chi connectivity index (χ1) is 14.4. The topological polar surface area (TPSA) is 62.0 Å². The number of piperazine rings is 1. The standard InChI is InChI=1S/C24H27N3O3/c1-14-9-18-11-22(29-23(18)16(3)25-14)20-10-17-5-6-19(12-21(17)30-24(20)28)27-8-7-26(4)15(2)13-27/h5-6,9-12,15,24,28H,7-8,13H2,1-4H3. The summed E-state index contributed by atoms with van der Waals surface area (Å²) in [5, 5.41) is 11.7. The van der Waals surface area contributed by atoms with E-state index in [9.17, 15) is 5.11 Å². The van der Waals surface area contributed by atoms with Gasteiger partial charge in [0.2, 0.25) is 6.29 Å². The molecule has 0 bridgehead atoms. The third-order valence-corrected chi connectivity index (χ3v) is 6.22. The maximum Gasteiger partial charge on any atom is 0.227 e. The summed E-state index contributed by atoms with van der Waals surface area (Å²) in [5.41, 5.74) is 5.21. The van der Waals surface area contributed by atoms with Gasteiger partial charge in [0.25, 0.3) is 0 Å². The molecule has 6 nitrogen and oxygen atoms in total. The monoisotopic (exact) mass is 405 g/mol. The number of aromatic nitrogens is 1. The van der Waals surface area contributed by atoms with Crippen molar-refractivity contribution in [3.05, 3.63) is 53.0 Å². The van der Waals surface area contributed by atoms with Crippen LogP contribution in [0.3, 0.4) is 0 Å². The molecule has 0 aliphatic carbocycles. The van der Waals surface area contributed by atoms with Gasteiger partial charge in [-0.2, -0.15) is 0 Å². The Labute approximate surface area is 176 Å². The second-order valence-corrected chi connectivity index (χ2v) is 8.45. The number of furan rings is 1. The van der Waals surface area contributed by atoms with E-state index in [0.29, 0.717) is 23.1 Å². The maximum atomic E-state index is 10.7. The first-order valence-corrected chi connectivity index (χ1v) is 10.4. The largest absolute Gasteiger partial charge is 0.460 e. The number of likely N-dealkylation sites (N-methyl/N-ethyl adjacent to an activating group) is 1. The average molecular weight is 405 g/mol. The highest BCUT2D eigenvalue weighted by molar-refractivity contribution is 5.90. The van der Waals surface area contributed by atoms with Gasteiger partial charge in [-0.1, -0.05) is 0 Å². The lowest BCUT2D eigenvalue weighted by atomic mass is 10.0. The summed E-state index contributed by atoms with van der Waals surface area (Å²) in [4.78, 5) is 9.21. The molecule has 2 atom stereocenters. The second kappa shape index (κ2) is 7.15. The van der Waals surface area contributed by atoms with E-state index in [1.165, 1.54) is 0 Å².